The fourth-order valence-corrected chi connectivity index (χ4v) is 3.86. The van der Waals surface area contributed by atoms with E-state index < -0.39 is 0 Å². The maximum absolute atomic E-state index is 12.6. The maximum atomic E-state index is 12.6. The summed E-state index contributed by atoms with van der Waals surface area (Å²) in [4.78, 5) is 12.6. The third kappa shape index (κ3) is 4.19. The second-order valence-corrected chi connectivity index (χ2v) is 7.45. The molecule has 28 heavy (non-hydrogen) atoms. The van der Waals surface area contributed by atoms with Gasteiger partial charge in [-0.05, 0) is 48.9 Å². The minimum atomic E-state index is -0.0450. The highest BCUT2D eigenvalue weighted by atomic mass is 16.5. The molecule has 2 aliphatic rings. The molecule has 1 amide bonds. The number of amides is 1. The summed E-state index contributed by atoms with van der Waals surface area (Å²) in [6.45, 7) is 0.502. The standard InChI is InChI=1S/C23H26N2O3/c1-27-21-12-11-18(13-22(21)28-20-9-5-6-10-20)19-14-23(26)25(24-15-19)16-17-7-3-2-4-8-17/h2-4,7-8,11-13,15,19-20H,5-6,9-10,14,16H2,1H3. The van der Waals surface area contributed by atoms with Crippen LogP contribution >= 0.6 is 0 Å². The number of ether oxygens (including phenoxy) is 2. The molecule has 0 bridgehead atoms. The number of carbonyl (C=O) groups excluding carboxylic acids is 1. The van der Waals surface area contributed by atoms with E-state index in [0.29, 0.717) is 13.0 Å². The third-order valence-electron chi connectivity index (χ3n) is 5.46. The normalized spacial score (nSPS) is 19.8. The minimum Gasteiger partial charge on any atom is -0.493 e. The number of hydrogen-bond donors (Lipinski definition) is 0. The van der Waals surface area contributed by atoms with Crippen molar-refractivity contribution in [2.24, 2.45) is 5.10 Å². The molecule has 4 rings (SSSR count). The van der Waals surface area contributed by atoms with E-state index in [1.165, 1.54) is 12.8 Å². The van der Waals surface area contributed by atoms with E-state index in [1.54, 1.807) is 12.1 Å². The Bertz CT molecular complexity index is 844. The van der Waals surface area contributed by atoms with Crippen molar-refractivity contribution < 1.29 is 14.3 Å². The van der Waals surface area contributed by atoms with Gasteiger partial charge >= 0.3 is 0 Å². The first kappa shape index (κ1) is 18.5. The van der Waals surface area contributed by atoms with Gasteiger partial charge in [0.05, 0.1) is 19.8 Å². The van der Waals surface area contributed by atoms with Crippen LogP contribution in [0.15, 0.2) is 53.6 Å². The van der Waals surface area contributed by atoms with Crippen molar-refractivity contribution in [2.75, 3.05) is 7.11 Å². The number of carbonyl (C=O) groups is 1. The summed E-state index contributed by atoms with van der Waals surface area (Å²) in [5.74, 6) is 1.49. The highest BCUT2D eigenvalue weighted by molar-refractivity contribution is 5.86. The first-order chi connectivity index (χ1) is 13.7. The molecule has 2 aromatic carbocycles. The molecule has 2 aromatic rings. The van der Waals surface area contributed by atoms with Crippen molar-refractivity contribution in [1.82, 2.24) is 5.01 Å². The van der Waals surface area contributed by atoms with E-state index in [1.807, 2.05) is 54.7 Å². The largest absolute Gasteiger partial charge is 0.493 e. The molecule has 0 spiro atoms. The number of hydrazone groups is 1. The molecular weight excluding hydrogens is 352 g/mol. The molecule has 0 saturated heterocycles. The van der Waals surface area contributed by atoms with Crippen molar-refractivity contribution in [3.05, 3.63) is 59.7 Å². The molecule has 1 fully saturated rings. The first-order valence-corrected chi connectivity index (χ1v) is 9.96. The Kier molecular flexibility index (Phi) is 5.60. The Morgan fingerprint density at radius 3 is 2.57 bits per heavy atom. The average Bonchev–Trinajstić information content (AvgIpc) is 3.23. The summed E-state index contributed by atoms with van der Waals surface area (Å²) >= 11 is 0. The van der Waals surface area contributed by atoms with Crippen molar-refractivity contribution >= 4 is 12.1 Å². The number of benzene rings is 2. The van der Waals surface area contributed by atoms with Gasteiger partial charge in [-0.15, -0.1) is 0 Å². The van der Waals surface area contributed by atoms with Crippen LogP contribution < -0.4 is 9.47 Å². The second-order valence-electron chi connectivity index (χ2n) is 7.45. The van der Waals surface area contributed by atoms with Crippen LogP contribution in [0.2, 0.25) is 0 Å². The minimum absolute atomic E-state index is 0.0328. The van der Waals surface area contributed by atoms with Gasteiger partial charge in [-0.2, -0.15) is 5.10 Å². The molecule has 0 N–H and O–H groups in total. The highest BCUT2D eigenvalue weighted by Crippen LogP contribution is 2.35. The quantitative estimate of drug-likeness (QED) is 0.743. The molecule has 1 unspecified atom stereocenters. The van der Waals surface area contributed by atoms with E-state index in [4.69, 9.17) is 9.47 Å². The monoisotopic (exact) mass is 378 g/mol. The van der Waals surface area contributed by atoms with E-state index in [9.17, 15) is 4.79 Å². The van der Waals surface area contributed by atoms with Crippen LogP contribution in [-0.2, 0) is 11.3 Å². The van der Waals surface area contributed by atoms with Crippen LogP contribution in [0.4, 0.5) is 0 Å². The molecule has 1 saturated carbocycles. The van der Waals surface area contributed by atoms with Crippen LogP contribution in [0.25, 0.3) is 0 Å². The molecule has 1 heterocycles. The zero-order valence-corrected chi connectivity index (χ0v) is 16.2. The van der Waals surface area contributed by atoms with E-state index in [-0.39, 0.29) is 17.9 Å². The van der Waals surface area contributed by atoms with E-state index >= 15 is 0 Å². The number of nitrogens with zero attached hydrogens (tertiary/aromatic N) is 2. The Morgan fingerprint density at radius 1 is 1.07 bits per heavy atom. The molecule has 146 valence electrons. The highest BCUT2D eigenvalue weighted by Gasteiger charge is 2.26. The topological polar surface area (TPSA) is 51.1 Å². The van der Waals surface area contributed by atoms with Gasteiger partial charge in [-0.3, -0.25) is 4.79 Å². The van der Waals surface area contributed by atoms with Gasteiger partial charge in [-0.25, -0.2) is 5.01 Å². The SMILES string of the molecule is COc1ccc(C2C=NN(Cc3ccccc3)C(=O)C2)cc1OC1CCCC1. The van der Waals surface area contributed by atoms with Crippen LogP contribution in [0.1, 0.15) is 49.1 Å². The molecular formula is C23H26N2O3. The summed E-state index contributed by atoms with van der Waals surface area (Å²) in [6.07, 6.45) is 7.14. The number of rotatable bonds is 6. The van der Waals surface area contributed by atoms with Crippen LogP contribution in [-0.4, -0.2) is 30.3 Å². The molecule has 5 heteroatoms. The molecule has 0 aromatic heterocycles. The van der Waals surface area contributed by atoms with Crippen molar-refractivity contribution in [1.29, 1.82) is 0 Å². The van der Waals surface area contributed by atoms with Crippen LogP contribution in [0, 0.1) is 0 Å². The van der Waals surface area contributed by atoms with Crippen LogP contribution in [0.5, 0.6) is 11.5 Å². The summed E-state index contributed by atoms with van der Waals surface area (Å²) in [6, 6.07) is 15.9. The van der Waals surface area contributed by atoms with Gasteiger partial charge in [0, 0.05) is 18.6 Å². The summed E-state index contributed by atoms with van der Waals surface area (Å²) in [5, 5.41) is 5.97. The lowest BCUT2D eigenvalue weighted by Crippen LogP contribution is -2.31. The average molecular weight is 378 g/mol. The van der Waals surface area contributed by atoms with Crippen molar-refractivity contribution in [3.63, 3.8) is 0 Å². The second kappa shape index (κ2) is 8.46. The predicted molar refractivity (Wildman–Crippen MR) is 109 cm³/mol. The number of methoxy groups -OCH3 is 1. The van der Waals surface area contributed by atoms with Gasteiger partial charge in [0.15, 0.2) is 11.5 Å². The fourth-order valence-electron chi connectivity index (χ4n) is 3.86. The molecule has 0 radical (unpaired) electrons. The van der Waals surface area contributed by atoms with E-state index in [2.05, 4.69) is 5.10 Å². The Labute approximate surface area is 166 Å². The Hall–Kier alpha value is -2.82. The van der Waals surface area contributed by atoms with Gasteiger partial charge in [0.1, 0.15) is 0 Å². The van der Waals surface area contributed by atoms with Gasteiger partial charge in [0.2, 0.25) is 5.91 Å². The maximum Gasteiger partial charge on any atom is 0.243 e. The number of hydrogen-bond acceptors (Lipinski definition) is 4. The summed E-state index contributed by atoms with van der Waals surface area (Å²) in [7, 11) is 1.66. The van der Waals surface area contributed by atoms with Crippen molar-refractivity contribution in [3.8, 4) is 11.5 Å². The van der Waals surface area contributed by atoms with Gasteiger partial charge < -0.3 is 9.47 Å². The lowest BCUT2D eigenvalue weighted by Gasteiger charge is -2.25. The lowest BCUT2D eigenvalue weighted by molar-refractivity contribution is -0.132. The zero-order chi connectivity index (χ0) is 19.3. The molecule has 1 aliphatic heterocycles. The van der Waals surface area contributed by atoms with E-state index in [0.717, 1.165) is 35.5 Å². The summed E-state index contributed by atoms with van der Waals surface area (Å²) < 4.78 is 11.7. The fraction of sp³-hybridized carbons (Fsp3) is 0.391. The Balaban J connectivity index is 1.49. The molecule has 1 aliphatic carbocycles. The van der Waals surface area contributed by atoms with Crippen LogP contribution in [0.3, 0.4) is 0 Å². The molecule has 5 nitrogen and oxygen atoms in total. The molecule has 1 atom stereocenters. The smallest absolute Gasteiger partial charge is 0.243 e. The first-order valence-electron chi connectivity index (χ1n) is 9.96. The van der Waals surface area contributed by atoms with Crippen molar-refractivity contribution in [2.45, 2.75) is 50.7 Å². The lowest BCUT2D eigenvalue weighted by atomic mass is 9.95. The predicted octanol–water partition coefficient (Wildman–Crippen LogP) is 4.52. The van der Waals surface area contributed by atoms with Gasteiger partial charge in [0.25, 0.3) is 0 Å². The Morgan fingerprint density at radius 2 is 1.86 bits per heavy atom. The third-order valence-corrected chi connectivity index (χ3v) is 5.46. The van der Waals surface area contributed by atoms with Gasteiger partial charge in [-0.1, -0.05) is 36.4 Å². The summed E-state index contributed by atoms with van der Waals surface area (Å²) in [5.41, 5.74) is 2.11. The zero-order valence-electron chi connectivity index (χ0n) is 16.2.